The zero-order valence-corrected chi connectivity index (χ0v) is 12.9. The minimum Gasteiger partial charge on any atom is -0.469 e. The van der Waals surface area contributed by atoms with Gasteiger partial charge in [0.25, 0.3) is 0 Å². The highest BCUT2D eigenvalue weighted by molar-refractivity contribution is 5.83. The molecule has 20 heavy (non-hydrogen) atoms. The Labute approximate surface area is 120 Å². The topological polar surface area (TPSA) is 64.6 Å². The van der Waals surface area contributed by atoms with Gasteiger partial charge in [0.15, 0.2) is 0 Å². The van der Waals surface area contributed by atoms with Crippen LogP contribution in [-0.2, 0) is 14.3 Å². The highest BCUT2D eigenvalue weighted by Gasteiger charge is 2.72. The number of esters is 1. The van der Waals surface area contributed by atoms with Gasteiger partial charge in [-0.05, 0) is 45.4 Å². The SMILES string of the molecule is COC(=O)C1(CNC(=O)OC(C)(C)C)CC12CCCC2. The first-order valence-electron chi connectivity index (χ1n) is 7.30. The van der Waals surface area contributed by atoms with Crippen LogP contribution in [0.5, 0.6) is 0 Å². The summed E-state index contributed by atoms with van der Waals surface area (Å²) >= 11 is 0. The summed E-state index contributed by atoms with van der Waals surface area (Å²) in [5.74, 6) is -0.199. The van der Waals surface area contributed by atoms with E-state index < -0.39 is 17.1 Å². The Hall–Kier alpha value is -1.26. The maximum Gasteiger partial charge on any atom is 0.407 e. The summed E-state index contributed by atoms with van der Waals surface area (Å²) in [6.07, 6.45) is 4.77. The van der Waals surface area contributed by atoms with Gasteiger partial charge >= 0.3 is 12.1 Å². The lowest BCUT2D eigenvalue weighted by molar-refractivity contribution is -0.148. The van der Waals surface area contributed by atoms with Gasteiger partial charge in [-0.15, -0.1) is 0 Å². The fourth-order valence-electron chi connectivity index (χ4n) is 3.58. The molecule has 0 aromatic rings. The van der Waals surface area contributed by atoms with E-state index in [0.717, 1.165) is 32.1 Å². The van der Waals surface area contributed by atoms with Gasteiger partial charge in [-0.2, -0.15) is 0 Å². The predicted octanol–water partition coefficient (Wildman–Crippen LogP) is 2.63. The molecule has 0 heterocycles. The second-order valence-corrected chi connectivity index (χ2v) is 7.09. The van der Waals surface area contributed by atoms with E-state index in [2.05, 4.69) is 5.32 Å². The highest BCUT2D eigenvalue weighted by atomic mass is 16.6. The molecular formula is C15H25NO4. The first-order valence-corrected chi connectivity index (χ1v) is 7.30. The molecule has 0 bridgehead atoms. The third kappa shape index (κ3) is 2.63. The van der Waals surface area contributed by atoms with Crippen molar-refractivity contribution in [1.82, 2.24) is 5.32 Å². The van der Waals surface area contributed by atoms with E-state index in [1.165, 1.54) is 7.11 Å². The summed E-state index contributed by atoms with van der Waals surface area (Å²) < 4.78 is 10.2. The molecule has 0 saturated heterocycles. The Morgan fingerprint density at radius 2 is 1.80 bits per heavy atom. The molecular weight excluding hydrogens is 258 g/mol. The fraction of sp³-hybridized carbons (Fsp3) is 0.867. The van der Waals surface area contributed by atoms with Crippen LogP contribution in [0.2, 0.25) is 0 Å². The van der Waals surface area contributed by atoms with Gasteiger partial charge in [-0.3, -0.25) is 4.79 Å². The molecule has 1 atom stereocenters. The fourth-order valence-corrected chi connectivity index (χ4v) is 3.58. The summed E-state index contributed by atoms with van der Waals surface area (Å²) in [6.45, 7) is 5.77. The van der Waals surface area contributed by atoms with Crippen molar-refractivity contribution in [3.05, 3.63) is 0 Å². The van der Waals surface area contributed by atoms with Crippen LogP contribution in [0.15, 0.2) is 0 Å². The number of hydrogen-bond donors (Lipinski definition) is 1. The third-order valence-electron chi connectivity index (χ3n) is 4.60. The normalized spacial score (nSPS) is 27.2. The molecule has 2 aliphatic carbocycles. The standard InChI is InChI=1S/C15H25NO4/c1-13(2,3)20-12(18)16-10-15(11(17)19-4)9-14(15)7-5-6-8-14/h5-10H2,1-4H3,(H,16,18). The smallest absolute Gasteiger partial charge is 0.407 e. The molecule has 2 fully saturated rings. The minimum atomic E-state index is -0.533. The van der Waals surface area contributed by atoms with Crippen molar-refractivity contribution in [2.24, 2.45) is 10.8 Å². The molecule has 1 unspecified atom stereocenters. The Balaban J connectivity index is 1.98. The summed E-state index contributed by atoms with van der Waals surface area (Å²) in [7, 11) is 1.42. The Bertz CT molecular complexity index is 407. The maximum atomic E-state index is 12.1. The molecule has 0 aromatic carbocycles. The van der Waals surface area contributed by atoms with Crippen molar-refractivity contribution in [2.75, 3.05) is 13.7 Å². The lowest BCUT2D eigenvalue weighted by Crippen LogP contribution is -2.40. The monoisotopic (exact) mass is 283 g/mol. The van der Waals surface area contributed by atoms with Gasteiger partial charge in [0.2, 0.25) is 0 Å². The largest absolute Gasteiger partial charge is 0.469 e. The van der Waals surface area contributed by atoms with Crippen LogP contribution in [0.4, 0.5) is 4.79 Å². The van der Waals surface area contributed by atoms with E-state index in [1.807, 2.05) is 20.8 Å². The Morgan fingerprint density at radius 3 is 2.30 bits per heavy atom. The van der Waals surface area contributed by atoms with Gasteiger partial charge in [-0.25, -0.2) is 4.79 Å². The third-order valence-corrected chi connectivity index (χ3v) is 4.60. The number of amides is 1. The predicted molar refractivity (Wildman–Crippen MR) is 74.2 cm³/mol. The number of rotatable bonds is 3. The lowest BCUT2D eigenvalue weighted by atomic mass is 9.91. The lowest BCUT2D eigenvalue weighted by Gasteiger charge is -2.23. The summed E-state index contributed by atoms with van der Waals surface area (Å²) in [6, 6.07) is 0. The Morgan fingerprint density at radius 1 is 1.20 bits per heavy atom. The molecule has 114 valence electrons. The highest BCUT2D eigenvalue weighted by Crippen LogP contribution is 2.71. The van der Waals surface area contributed by atoms with E-state index in [-0.39, 0.29) is 11.4 Å². The summed E-state index contributed by atoms with van der Waals surface area (Å²) in [4.78, 5) is 23.9. The molecule has 0 aromatic heterocycles. The van der Waals surface area contributed by atoms with Crippen LogP contribution in [0.3, 0.4) is 0 Å². The van der Waals surface area contributed by atoms with Gasteiger partial charge in [-0.1, -0.05) is 12.8 Å². The number of carbonyl (C=O) groups is 2. The van der Waals surface area contributed by atoms with Crippen molar-refractivity contribution in [1.29, 1.82) is 0 Å². The molecule has 2 aliphatic rings. The van der Waals surface area contributed by atoms with Crippen LogP contribution in [-0.4, -0.2) is 31.3 Å². The molecule has 1 amide bonds. The number of ether oxygens (including phenoxy) is 2. The van der Waals surface area contributed by atoms with Crippen molar-refractivity contribution < 1.29 is 19.1 Å². The van der Waals surface area contributed by atoms with E-state index >= 15 is 0 Å². The van der Waals surface area contributed by atoms with Gasteiger partial charge in [0.1, 0.15) is 5.60 Å². The first-order chi connectivity index (χ1) is 9.25. The first kappa shape index (κ1) is 15.1. The van der Waals surface area contributed by atoms with Gasteiger partial charge < -0.3 is 14.8 Å². The molecule has 2 rings (SSSR count). The van der Waals surface area contributed by atoms with E-state index in [4.69, 9.17) is 9.47 Å². The van der Waals surface area contributed by atoms with Crippen molar-refractivity contribution in [3.8, 4) is 0 Å². The number of hydrogen-bond acceptors (Lipinski definition) is 4. The average molecular weight is 283 g/mol. The summed E-state index contributed by atoms with van der Waals surface area (Å²) in [5.41, 5.74) is -1.01. The molecule has 0 radical (unpaired) electrons. The molecule has 1 spiro atoms. The molecule has 2 saturated carbocycles. The minimum absolute atomic E-state index is 0.0507. The van der Waals surface area contributed by atoms with Crippen molar-refractivity contribution in [2.45, 2.75) is 58.5 Å². The van der Waals surface area contributed by atoms with Gasteiger partial charge in [0, 0.05) is 6.54 Å². The average Bonchev–Trinajstić information content (AvgIpc) is 2.70. The Kier molecular flexibility index (Phi) is 3.73. The van der Waals surface area contributed by atoms with Crippen LogP contribution in [0, 0.1) is 10.8 Å². The zero-order chi connectivity index (χ0) is 15.0. The summed E-state index contributed by atoms with van der Waals surface area (Å²) in [5, 5.41) is 2.75. The van der Waals surface area contributed by atoms with E-state index in [1.54, 1.807) is 0 Å². The van der Waals surface area contributed by atoms with E-state index in [9.17, 15) is 9.59 Å². The second kappa shape index (κ2) is 4.93. The van der Waals surface area contributed by atoms with Crippen molar-refractivity contribution in [3.63, 3.8) is 0 Å². The maximum absolute atomic E-state index is 12.1. The molecule has 0 aliphatic heterocycles. The van der Waals surface area contributed by atoms with Crippen LogP contribution < -0.4 is 5.32 Å². The molecule has 5 nitrogen and oxygen atoms in total. The number of carbonyl (C=O) groups excluding carboxylic acids is 2. The van der Waals surface area contributed by atoms with Crippen LogP contribution in [0.25, 0.3) is 0 Å². The number of alkyl carbamates (subject to hydrolysis) is 1. The molecule has 1 N–H and O–H groups in total. The van der Waals surface area contributed by atoms with E-state index in [0.29, 0.717) is 6.54 Å². The van der Waals surface area contributed by atoms with Gasteiger partial charge in [0.05, 0.1) is 12.5 Å². The quantitative estimate of drug-likeness (QED) is 0.809. The van der Waals surface area contributed by atoms with Crippen molar-refractivity contribution >= 4 is 12.1 Å². The number of methoxy groups -OCH3 is 1. The molecule has 5 heteroatoms. The zero-order valence-electron chi connectivity index (χ0n) is 12.9. The van der Waals surface area contributed by atoms with Crippen LogP contribution in [0.1, 0.15) is 52.9 Å². The number of nitrogens with one attached hydrogen (secondary N) is 1. The second-order valence-electron chi connectivity index (χ2n) is 7.09. The van der Waals surface area contributed by atoms with Crippen LogP contribution >= 0.6 is 0 Å².